The van der Waals surface area contributed by atoms with E-state index in [1.165, 1.54) is 49.9 Å². The van der Waals surface area contributed by atoms with Crippen molar-refractivity contribution in [1.29, 1.82) is 0 Å². The zero-order valence-corrected chi connectivity index (χ0v) is 27.9. The number of H-pyrrole nitrogens is 1. The van der Waals surface area contributed by atoms with Crippen LogP contribution in [0.15, 0.2) is 36.8 Å². The highest BCUT2D eigenvalue weighted by molar-refractivity contribution is 7.98. The van der Waals surface area contributed by atoms with Crippen LogP contribution in [0.2, 0.25) is 0 Å². The fourth-order valence-electron chi connectivity index (χ4n) is 4.59. The van der Waals surface area contributed by atoms with Gasteiger partial charge in [0.15, 0.2) is 0 Å². The number of rotatable bonds is 5. The van der Waals surface area contributed by atoms with Gasteiger partial charge in [-0.2, -0.15) is 23.5 Å². The molecule has 0 spiro atoms. The number of carbonyl (C=O) groups is 6. The summed E-state index contributed by atoms with van der Waals surface area (Å²) in [4.78, 5) is 84.5. The van der Waals surface area contributed by atoms with Crippen LogP contribution in [-0.4, -0.2) is 87.1 Å². The predicted octanol–water partition coefficient (Wildman–Crippen LogP) is -0.262. The molecule has 2 aromatic rings. The number of nitrogens with zero attached hydrogens (tertiary/aromatic N) is 1. The topological polar surface area (TPSA) is 217 Å². The molecule has 0 saturated heterocycles. The van der Waals surface area contributed by atoms with E-state index in [0.717, 1.165) is 11.1 Å². The monoisotopic (exact) mass is 674 g/mol. The van der Waals surface area contributed by atoms with Crippen LogP contribution in [0.3, 0.4) is 0 Å². The van der Waals surface area contributed by atoms with Crippen molar-refractivity contribution >= 4 is 59.0 Å². The SMILES string of the molecule is CC(=O)NC1CSCc2ccccc2CSCC(C(N)=O)NC(=O)[C@H](C(C)C)NC(=O)[C@H](C)NC(=O)[C@H](Cc2cnc[nH]2)NC1=O. The molecule has 2 unspecified atom stereocenters. The Bertz CT molecular complexity index is 1390. The standard InChI is InChI=1S/C30H42N8O6S2/c1-16(2)25-30(44)37-23(26(31)40)13-45-11-19-7-5-6-8-20(19)12-46-14-24(35-18(4)39)29(43)36-22(9-21-10-32-15-33-21)28(42)34-17(3)27(41)38-25/h5-8,10,15-17,22-25H,9,11-14H2,1-4H3,(H2,31,40)(H,32,33)(H,34,42)(H,35,39)(H,36,43)(H,37,44)(H,38,41)/t17-,22-,23?,24?,25-/m0/s1. The number of aromatic amines is 1. The average molecular weight is 675 g/mol. The van der Waals surface area contributed by atoms with Gasteiger partial charge in [0.25, 0.3) is 0 Å². The number of benzene rings is 1. The summed E-state index contributed by atoms with van der Waals surface area (Å²) < 4.78 is 0. The van der Waals surface area contributed by atoms with Crippen molar-refractivity contribution in [1.82, 2.24) is 36.6 Å². The number of hydrogen-bond donors (Lipinski definition) is 7. The maximum Gasteiger partial charge on any atom is 0.244 e. The number of amides is 6. The number of imidazole rings is 1. The Morgan fingerprint density at radius 2 is 1.59 bits per heavy atom. The smallest absolute Gasteiger partial charge is 0.244 e. The van der Waals surface area contributed by atoms with Gasteiger partial charge in [0.05, 0.1) is 6.33 Å². The van der Waals surface area contributed by atoms with Gasteiger partial charge in [0.1, 0.15) is 30.2 Å². The van der Waals surface area contributed by atoms with Crippen molar-refractivity contribution in [3.63, 3.8) is 0 Å². The third-order valence-corrected chi connectivity index (χ3v) is 9.34. The molecule has 46 heavy (non-hydrogen) atoms. The minimum absolute atomic E-state index is 0.0302. The Labute approximate surface area is 276 Å². The van der Waals surface area contributed by atoms with E-state index >= 15 is 0 Å². The average Bonchev–Trinajstić information content (AvgIpc) is 3.51. The number of thioether (sulfide) groups is 2. The Morgan fingerprint density at radius 1 is 0.935 bits per heavy atom. The molecule has 1 aliphatic rings. The zero-order chi connectivity index (χ0) is 33.8. The Kier molecular flexibility index (Phi) is 13.9. The molecule has 1 aromatic heterocycles. The number of primary amides is 1. The van der Waals surface area contributed by atoms with Crippen LogP contribution in [0.1, 0.15) is 44.5 Å². The molecule has 0 saturated carbocycles. The first-order chi connectivity index (χ1) is 21.8. The van der Waals surface area contributed by atoms with Crippen LogP contribution in [0, 0.1) is 5.92 Å². The lowest BCUT2D eigenvalue weighted by molar-refractivity contribution is -0.135. The molecular weight excluding hydrogens is 633 g/mol. The molecular formula is C30H42N8O6S2. The summed E-state index contributed by atoms with van der Waals surface area (Å²) in [6.07, 6.45) is 2.98. The number of nitrogens with two attached hydrogens (primary N) is 1. The van der Waals surface area contributed by atoms with E-state index in [4.69, 9.17) is 5.73 Å². The lowest BCUT2D eigenvalue weighted by Crippen LogP contribution is -2.60. The highest BCUT2D eigenvalue weighted by Gasteiger charge is 2.32. The normalized spacial score (nSPS) is 24.3. The molecule has 250 valence electrons. The van der Waals surface area contributed by atoms with Crippen molar-refractivity contribution in [2.24, 2.45) is 11.7 Å². The summed E-state index contributed by atoms with van der Waals surface area (Å²) in [7, 11) is 0. The van der Waals surface area contributed by atoms with Crippen LogP contribution >= 0.6 is 23.5 Å². The van der Waals surface area contributed by atoms with E-state index in [2.05, 4.69) is 36.6 Å². The number of nitrogens with one attached hydrogen (secondary N) is 6. The molecule has 0 bridgehead atoms. The molecule has 2 heterocycles. The third kappa shape index (κ3) is 11.1. The zero-order valence-electron chi connectivity index (χ0n) is 26.3. The molecule has 0 radical (unpaired) electrons. The molecule has 5 atom stereocenters. The van der Waals surface area contributed by atoms with Crippen molar-refractivity contribution < 1.29 is 28.8 Å². The summed E-state index contributed by atoms with van der Waals surface area (Å²) >= 11 is 2.85. The molecule has 8 N–H and O–H groups in total. The van der Waals surface area contributed by atoms with E-state index in [9.17, 15) is 28.8 Å². The van der Waals surface area contributed by atoms with Gasteiger partial charge in [0.2, 0.25) is 35.4 Å². The summed E-state index contributed by atoms with van der Waals surface area (Å²) in [5.74, 6) is -2.46. The van der Waals surface area contributed by atoms with Gasteiger partial charge >= 0.3 is 0 Å². The van der Waals surface area contributed by atoms with Crippen LogP contribution in [0.25, 0.3) is 0 Å². The summed E-state index contributed by atoms with van der Waals surface area (Å²) in [5.41, 5.74) is 8.18. The molecule has 3 rings (SSSR count). The number of carbonyl (C=O) groups excluding carboxylic acids is 6. The van der Waals surface area contributed by atoms with Crippen molar-refractivity contribution in [3.05, 3.63) is 53.6 Å². The quantitative estimate of drug-likeness (QED) is 0.222. The maximum atomic E-state index is 13.5. The summed E-state index contributed by atoms with van der Waals surface area (Å²) in [6.45, 7) is 6.23. The van der Waals surface area contributed by atoms with E-state index in [-0.39, 0.29) is 23.8 Å². The van der Waals surface area contributed by atoms with Crippen LogP contribution < -0.4 is 32.3 Å². The molecule has 14 nitrogen and oxygen atoms in total. The highest BCUT2D eigenvalue weighted by Crippen LogP contribution is 2.22. The predicted molar refractivity (Wildman–Crippen MR) is 176 cm³/mol. The lowest BCUT2D eigenvalue weighted by Gasteiger charge is -2.27. The fraction of sp³-hybridized carbons (Fsp3) is 0.500. The summed E-state index contributed by atoms with van der Waals surface area (Å²) in [5, 5.41) is 13.3. The largest absolute Gasteiger partial charge is 0.368 e. The Morgan fingerprint density at radius 3 is 2.15 bits per heavy atom. The molecule has 1 aromatic carbocycles. The van der Waals surface area contributed by atoms with E-state index in [1.54, 1.807) is 13.8 Å². The maximum absolute atomic E-state index is 13.5. The fourth-order valence-corrected chi connectivity index (χ4v) is 6.78. The number of hydrogen-bond acceptors (Lipinski definition) is 9. The molecule has 1 aliphatic heterocycles. The van der Waals surface area contributed by atoms with Gasteiger partial charge in [0, 0.05) is 48.2 Å². The lowest BCUT2D eigenvalue weighted by atomic mass is 10.0. The van der Waals surface area contributed by atoms with E-state index in [1.807, 2.05) is 24.3 Å². The van der Waals surface area contributed by atoms with E-state index in [0.29, 0.717) is 17.2 Å². The first kappa shape index (κ1) is 36.4. The second-order valence-corrected chi connectivity index (χ2v) is 13.4. The second kappa shape index (κ2) is 17.6. The Hall–Kier alpha value is -4.05. The minimum atomic E-state index is -1.13. The van der Waals surface area contributed by atoms with Gasteiger partial charge in [-0.3, -0.25) is 28.8 Å². The number of aromatic nitrogens is 2. The highest BCUT2D eigenvalue weighted by atomic mass is 32.2. The van der Waals surface area contributed by atoms with Gasteiger partial charge in [-0.15, -0.1) is 0 Å². The first-order valence-corrected chi connectivity index (χ1v) is 17.1. The van der Waals surface area contributed by atoms with Crippen LogP contribution in [-0.2, 0) is 46.7 Å². The van der Waals surface area contributed by atoms with Gasteiger partial charge in [-0.05, 0) is 24.0 Å². The van der Waals surface area contributed by atoms with Gasteiger partial charge < -0.3 is 37.3 Å². The molecule has 0 fully saturated rings. The van der Waals surface area contributed by atoms with Crippen molar-refractivity contribution in [3.8, 4) is 0 Å². The van der Waals surface area contributed by atoms with Gasteiger partial charge in [-0.1, -0.05) is 38.1 Å². The third-order valence-electron chi connectivity index (χ3n) is 7.17. The molecule has 16 heteroatoms. The minimum Gasteiger partial charge on any atom is -0.368 e. The Balaban J connectivity index is 1.93. The molecule has 6 amide bonds. The summed E-state index contributed by atoms with van der Waals surface area (Å²) in [6, 6.07) is 2.53. The first-order valence-electron chi connectivity index (χ1n) is 14.8. The number of fused-ring (bicyclic) bond motifs is 1. The van der Waals surface area contributed by atoms with Crippen molar-refractivity contribution in [2.75, 3.05) is 11.5 Å². The van der Waals surface area contributed by atoms with Crippen molar-refractivity contribution in [2.45, 2.75) is 75.8 Å². The van der Waals surface area contributed by atoms with Crippen LogP contribution in [0.5, 0.6) is 0 Å². The van der Waals surface area contributed by atoms with Crippen LogP contribution in [0.4, 0.5) is 0 Å². The van der Waals surface area contributed by atoms with E-state index < -0.39 is 65.7 Å². The second-order valence-electron chi connectivity index (χ2n) is 11.3. The molecule has 0 aliphatic carbocycles. The van der Waals surface area contributed by atoms with Gasteiger partial charge in [-0.25, -0.2) is 4.98 Å².